The lowest BCUT2D eigenvalue weighted by atomic mass is 10.1. The van der Waals surface area contributed by atoms with Gasteiger partial charge in [0, 0.05) is 17.5 Å². The molecule has 1 atom stereocenters. The zero-order chi connectivity index (χ0) is 13.7. The Kier molecular flexibility index (Phi) is 5.07. The fourth-order valence-electron chi connectivity index (χ4n) is 2.16. The van der Waals surface area contributed by atoms with Gasteiger partial charge in [-0.2, -0.15) is 0 Å². The first-order valence-electron chi connectivity index (χ1n) is 6.31. The van der Waals surface area contributed by atoms with E-state index in [0.29, 0.717) is 6.54 Å². The van der Waals surface area contributed by atoms with Gasteiger partial charge in [-0.3, -0.25) is 4.90 Å². The molecule has 3 nitrogen and oxygen atoms in total. The Bertz CT molecular complexity index is 481. The summed E-state index contributed by atoms with van der Waals surface area (Å²) in [7, 11) is 2.07. The molecule has 102 valence electrons. The normalized spacial score (nSPS) is 12.8. The van der Waals surface area contributed by atoms with Gasteiger partial charge in [-0.25, -0.2) is 0 Å². The number of furan rings is 1. The van der Waals surface area contributed by atoms with Gasteiger partial charge in [-0.1, -0.05) is 12.1 Å². The maximum atomic E-state index is 5.93. The maximum absolute atomic E-state index is 5.93. The summed E-state index contributed by atoms with van der Waals surface area (Å²) >= 11 is 1.75. The molecule has 1 aromatic heterocycles. The second-order valence-electron chi connectivity index (χ2n) is 4.52. The molecule has 0 aliphatic heterocycles. The summed E-state index contributed by atoms with van der Waals surface area (Å²) in [5.41, 5.74) is 7.17. The predicted octanol–water partition coefficient (Wildman–Crippen LogP) is 3.13. The third-order valence-corrected chi connectivity index (χ3v) is 3.98. The highest BCUT2D eigenvalue weighted by molar-refractivity contribution is 7.98. The Morgan fingerprint density at radius 2 is 2.00 bits per heavy atom. The molecule has 0 saturated carbocycles. The lowest BCUT2D eigenvalue weighted by Gasteiger charge is -2.26. The highest BCUT2D eigenvalue weighted by atomic mass is 32.2. The summed E-state index contributed by atoms with van der Waals surface area (Å²) in [6, 6.07) is 12.7. The van der Waals surface area contributed by atoms with Crippen molar-refractivity contribution in [1.82, 2.24) is 4.90 Å². The molecule has 1 aromatic carbocycles. The van der Waals surface area contributed by atoms with E-state index in [9.17, 15) is 0 Å². The predicted molar refractivity (Wildman–Crippen MR) is 80.2 cm³/mol. The van der Waals surface area contributed by atoms with E-state index in [1.807, 2.05) is 12.1 Å². The van der Waals surface area contributed by atoms with E-state index < -0.39 is 0 Å². The number of rotatable bonds is 6. The third kappa shape index (κ3) is 3.62. The standard InChI is InChI=1S/C15H20N2OS/c1-17(11-13-4-3-9-18-13)15(10-16)12-5-7-14(19-2)8-6-12/h3-9,15H,10-11,16H2,1-2H3. The Balaban J connectivity index is 2.09. The van der Waals surface area contributed by atoms with E-state index in [0.717, 1.165) is 12.3 Å². The molecule has 2 aromatic rings. The number of nitrogens with zero attached hydrogens (tertiary/aromatic N) is 1. The largest absolute Gasteiger partial charge is 0.468 e. The first-order valence-corrected chi connectivity index (χ1v) is 7.53. The minimum Gasteiger partial charge on any atom is -0.468 e. The monoisotopic (exact) mass is 276 g/mol. The Hall–Kier alpha value is -1.23. The molecule has 4 heteroatoms. The summed E-state index contributed by atoms with van der Waals surface area (Å²) in [6.07, 6.45) is 3.78. The van der Waals surface area contributed by atoms with Crippen molar-refractivity contribution in [3.05, 3.63) is 54.0 Å². The van der Waals surface area contributed by atoms with Crippen LogP contribution in [0, 0.1) is 0 Å². The van der Waals surface area contributed by atoms with Crippen LogP contribution >= 0.6 is 11.8 Å². The van der Waals surface area contributed by atoms with Gasteiger partial charge in [0.1, 0.15) is 5.76 Å². The van der Waals surface area contributed by atoms with Crippen LogP contribution in [0.5, 0.6) is 0 Å². The molecule has 1 heterocycles. The Labute approximate surface area is 118 Å². The van der Waals surface area contributed by atoms with Crippen LogP contribution in [0.3, 0.4) is 0 Å². The van der Waals surface area contributed by atoms with Crippen molar-refractivity contribution in [2.45, 2.75) is 17.5 Å². The van der Waals surface area contributed by atoms with E-state index in [1.54, 1.807) is 18.0 Å². The van der Waals surface area contributed by atoms with E-state index in [4.69, 9.17) is 10.2 Å². The molecular weight excluding hydrogens is 256 g/mol. The van der Waals surface area contributed by atoms with E-state index >= 15 is 0 Å². The Morgan fingerprint density at radius 3 is 2.53 bits per heavy atom. The van der Waals surface area contributed by atoms with Gasteiger partial charge in [0.2, 0.25) is 0 Å². The van der Waals surface area contributed by atoms with Crippen LogP contribution in [0.1, 0.15) is 17.4 Å². The van der Waals surface area contributed by atoms with Crippen LogP contribution in [0.2, 0.25) is 0 Å². The second kappa shape index (κ2) is 6.80. The fraction of sp³-hybridized carbons (Fsp3) is 0.333. The first kappa shape index (κ1) is 14.2. The van der Waals surface area contributed by atoms with Crippen LogP contribution in [0.25, 0.3) is 0 Å². The number of likely N-dealkylation sites (N-methyl/N-ethyl adjacent to an activating group) is 1. The minimum absolute atomic E-state index is 0.209. The Morgan fingerprint density at radius 1 is 1.26 bits per heavy atom. The average molecular weight is 276 g/mol. The summed E-state index contributed by atoms with van der Waals surface area (Å²) in [4.78, 5) is 3.49. The van der Waals surface area contributed by atoms with Crippen molar-refractivity contribution in [1.29, 1.82) is 0 Å². The smallest absolute Gasteiger partial charge is 0.117 e. The quantitative estimate of drug-likeness (QED) is 0.823. The maximum Gasteiger partial charge on any atom is 0.117 e. The lowest BCUT2D eigenvalue weighted by molar-refractivity contribution is 0.223. The lowest BCUT2D eigenvalue weighted by Crippen LogP contribution is -2.30. The van der Waals surface area contributed by atoms with Gasteiger partial charge < -0.3 is 10.2 Å². The number of benzene rings is 1. The van der Waals surface area contributed by atoms with Crippen molar-refractivity contribution in [2.24, 2.45) is 5.73 Å². The average Bonchev–Trinajstić information content (AvgIpc) is 2.93. The van der Waals surface area contributed by atoms with Gasteiger partial charge in [-0.15, -0.1) is 11.8 Å². The van der Waals surface area contributed by atoms with Gasteiger partial charge in [0.25, 0.3) is 0 Å². The third-order valence-electron chi connectivity index (χ3n) is 3.24. The molecule has 2 N–H and O–H groups in total. The SMILES string of the molecule is CSc1ccc(C(CN)N(C)Cc2ccco2)cc1. The van der Waals surface area contributed by atoms with E-state index in [-0.39, 0.29) is 6.04 Å². The van der Waals surface area contributed by atoms with Gasteiger partial charge in [0.05, 0.1) is 12.8 Å². The van der Waals surface area contributed by atoms with Crippen molar-refractivity contribution < 1.29 is 4.42 Å². The van der Waals surface area contributed by atoms with Crippen LogP contribution in [-0.2, 0) is 6.54 Å². The highest BCUT2D eigenvalue weighted by Crippen LogP contribution is 2.23. The molecule has 0 fully saturated rings. The second-order valence-corrected chi connectivity index (χ2v) is 5.40. The zero-order valence-corrected chi connectivity index (χ0v) is 12.2. The molecule has 0 radical (unpaired) electrons. The summed E-state index contributed by atoms with van der Waals surface area (Å²) in [6.45, 7) is 1.36. The molecule has 0 aliphatic carbocycles. The van der Waals surface area contributed by atoms with Crippen LogP contribution in [-0.4, -0.2) is 24.7 Å². The van der Waals surface area contributed by atoms with Gasteiger partial charge in [0.15, 0.2) is 0 Å². The zero-order valence-electron chi connectivity index (χ0n) is 11.4. The minimum atomic E-state index is 0.209. The van der Waals surface area contributed by atoms with Crippen molar-refractivity contribution >= 4 is 11.8 Å². The summed E-state index contributed by atoms with van der Waals surface area (Å²) < 4.78 is 5.39. The fourth-order valence-corrected chi connectivity index (χ4v) is 2.56. The summed E-state index contributed by atoms with van der Waals surface area (Å²) in [5.74, 6) is 0.960. The molecule has 0 aliphatic rings. The molecule has 19 heavy (non-hydrogen) atoms. The molecule has 2 rings (SSSR count). The molecule has 0 amide bonds. The molecule has 1 unspecified atom stereocenters. The molecule has 0 saturated heterocycles. The molecule has 0 spiro atoms. The number of hydrogen-bond acceptors (Lipinski definition) is 4. The van der Waals surface area contributed by atoms with Crippen molar-refractivity contribution in [3.8, 4) is 0 Å². The summed E-state index contributed by atoms with van der Waals surface area (Å²) in [5, 5.41) is 0. The number of thioether (sulfide) groups is 1. The van der Waals surface area contributed by atoms with Crippen molar-refractivity contribution in [3.63, 3.8) is 0 Å². The topological polar surface area (TPSA) is 42.4 Å². The van der Waals surface area contributed by atoms with Crippen LogP contribution in [0.15, 0.2) is 52.0 Å². The molecule has 0 bridgehead atoms. The van der Waals surface area contributed by atoms with E-state index in [2.05, 4.69) is 42.5 Å². The van der Waals surface area contributed by atoms with Crippen LogP contribution in [0.4, 0.5) is 0 Å². The molecular formula is C15H20N2OS. The van der Waals surface area contributed by atoms with Crippen molar-refractivity contribution in [2.75, 3.05) is 19.8 Å². The highest BCUT2D eigenvalue weighted by Gasteiger charge is 2.16. The van der Waals surface area contributed by atoms with Crippen LogP contribution < -0.4 is 5.73 Å². The van der Waals surface area contributed by atoms with E-state index in [1.165, 1.54) is 10.5 Å². The van der Waals surface area contributed by atoms with Gasteiger partial charge >= 0.3 is 0 Å². The number of hydrogen-bond donors (Lipinski definition) is 1. The first-order chi connectivity index (χ1) is 9.24. The number of nitrogens with two attached hydrogens (primary N) is 1. The van der Waals surface area contributed by atoms with Gasteiger partial charge in [-0.05, 0) is 43.1 Å².